The molecule has 0 bridgehead atoms. The number of aromatic nitrogens is 1. The normalized spacial score (nSPS) is 13.3. The van der Waals surface area contributed by atoms with E-state index < -0.39 is 6.17 Å². The minimum atomic E-state index is -1.04. The summed E-state index contributed by atoms with van der Waals surface area (Å²) in [6, 6.07) is 18.8. The fourth-order valence-corrected chi connectivity index (χ4v) is 6.05. The van der Waals surface area contributed by atoms with Gasteiger partial charge in [0, 0.05) is 27.2 Å². The molecule has 2 aromatic heterocycles. The number of rotatable bonds is 3. The lowest BCUT2D eigenvalue weighted by Gasteiger charge is -2.19. The SMILES string of the molecule is Cc1c(CC(C)(C)C)ccc2c1sc1c(-c3cc(C(C)F)c4ccccc4c3)nccc12. The number of hydrogen-bond donors (Lipinski definition) is 0. The van der Waals surface area contributed by atoms with Gasteiger partial charge in [-0.25, -0.2) is 4.39 Å². The summed E-state index contributed by atoms with van der Waals surface area (Å²) in [7, 11) is 0. The Balaban J connectivity index is 1.76. The molecule has 3 aromatic carbocycles. The number of fused-ring (bicyclic) bond motifs is 4. The number of benzene rings is 3. The molecule has 0 saturated heterocycles. The van der Waals surface area contributed by atoms with Crippen LogP contribution in [0.1, 0.15) is 50.6 Å². The first-order chi connectivity index (χ1) is 15.2. The van der Waals surface area contributed by atoms with E-state index in [1.165, 1.54) is 31.3 Å². The summed E-state index contributed by atoms with van der Waals surface area (Å²) in [5, 5.41) is 4.53. The van der Waals surface area contributed by atoms with E-state index in [2.05, 4.69) is 58.0 Å². The number of aryl methyl sites for hydroxylation is 1. The third kappa shape index (κ3) is 3.59. The van der Waals surface area contributed by atoms with E-state index in [1.54, 1.807) is 6.92 Å². The van der Waals surface area contributed by atoms with Gasteiger partial charge in [-0.05, 0) is 71.3 Å². The van der Waals surface area contributed by atoms with Gasteiger partial charge in [0.25, 0.3) is 0 Å². The highest BCUT2D eigenvalue weighted by Crippen LogP contribution is 2.42. The van der Waals surface area contributed by atoms with Crippen molar-refractivity contribution >= 4 is 42.3 Å². The van der Waals surface area contributed by atoms with Gasteiger partial charge in [-0.2, -0.15) is 0 Å². The molecule has 1 atom stereocenters. The molecule has 2 heterocycles. The summed E-state index contributed by atoms with van der Waals surface area (Å²) in [5.74, 6) is 0. The van der Waals surface area contributed by atoms with Crippen LogP contribution < -0.4 is 0 Å². The number of alkyl halides is 1. The number of nitrogens with zero attached hydrogens (tertiary/aromatic N) is 1. The van der Waals surface area contributed by atoms with Crippen molar-refractivity contribution < 1.29 is 4.39 Å². The van der Waals surface area contributed by atoms with E-state index in [-0.39, 0.29) is 5.41 Å². The van der Waals surface area contributed by atoms with Crippen LogP contribution in [0.3, 0.4) is 0 Å². The molecular weight excluding hydrogens is 413 g/mol. The molecule has 3 heteroatoms. The Morgan fingerprint density at radius 2 is 1.69 bits per heavy atom. The van der Waals surface area contributed by atoms with Gasteiger partial charge in [0.15, 0.2) is 0 Å². The molecular formula is C29H28FNS. The minimum absolute atomic E-state index is 0.242. The second-order valence-corrected chi connectivity index (χ2v) is 11.0. The second-order valence-electron chi connectivity index (χ2n) is 10.0. The van der Waals surface area contributed by atoms with Crippen LogP contribution in [0.4, 0.5) is 4.39 Å². The Hall–Kier alpha value is -2.78. The van der Waals surface area contributed by atoms with Crippen molar-refractivity contribution in [2.75, 3.05) is 0 Å². The van der Waals surface area contributed by atoms with Crippen LogP contribution in [0.15, 0.2) is 60.8 Å². The molecule has 0 amide bonds. The van der Waals surface area contributed by atoms with Gasteiger partial charge in [0.2, 0.25) is 0 Å². The third-order valence-electron chi connectivity index (χ3n) is 6.23. The van der Waals surface area contributed by atoms with Crippen LogP contribution in [-0.4, -0.2) is 4.98 Å². The summed E-state index contributed by atoms with van der Waals surface area (Å²) in [4.78, 5) is 4.78. The quantitative estimate of drug-likeness (QED) is 0.272. The van der Waals surface area contributed by atoms with Crippen LogP contribution >= 0.6 is 11.3 Å². The molecule has 5 aromatic rings. The Kier molecular flexibility index (Phi) is 5.05. The lowest BCUT2D eigenvalue weighted by molar-refractivity contribution is 0.377. The van der Waals surface area contributed by atoms with Crippen molar-refractivity contribution in [3.8, 4) is 11.3 Å². The fraction of sp³-hybridized carbons (Fsp3) is 0.276. The standard InChI is InChI=1S/C29H28FNS/c1-17-20(16-29(3,4)5)10-11-23-24-12-13-31-26(28(24)32-27(17)23)21-14-19-8-6-7-9-22(19)25(15-21)18(2)30/h6-15,18H,16H2,1-5H3. The largest absolute Gasteiger partial charge is 0.255 e. The van der Waals surface area contributed by atoms with Gasteiger partial charge >= 0.3 is 0 Å². The topological polar surface area (TPSA) is 12.9 Å². The Bertz CT molecular complexity index is 1470. The molecule has 0 aliphatic rings. The van der Waals surface area contributed by atoms with E-state index in [4.69, 9.17) is 4.98 Å². The van der Waals surface area contributed by atoms with Crippen LogP contribution in [0.25, 0.3) is 42.2 Å². The first kappa shape index (κ1) is 21.1. The highest BCUT2D eigenvalue weighted by molar-refractivity contribution is 7.26. The van der Waals surface area contributed by atoms with E-state index in [0.717, 1.165) is 34.0 Å². The minimum Gasteiger partial charge on any atom is -0.255 e. The molecule has 0 radical (unpaired) electrons. The first-order valence-corrected chi connectivity index (χ1v) is 12.0. The predicted molar refractivity (Wildman–Crippen MR) is 137 cm³/mol. The monoisotopic (exact) mass is 441 g/mol. The van der Waals surface area contributed by atoms with Gasteiger partial charge in [0.05, 0.1) is 10.4 Å². The molecule has 0 N–H and O–H groups in total. The second kappa shape index (κ2) is 7.67. The molecule has 5 rings (SSSR count). The molecule has 0 aliphatic carbocycles. The number of pyridine rings is 1. The summed E-state index contributed by atoms with van der Waals surface area (Å²) in [6.07, 6.45) is 1.90. The average Bonchev–Trinajstić information content (AvgIpc) is 3.13. The maximum Gasteiger partial charge on any atom is 0.123 e. The van der Waals surface area contributed by atoms with E-state index in [9.17, 15) is 4.39 Å². The Labute approximate surface area is 192 Å². The molecule has 1 unspecified atom stereocenters. The van der Waals surface area contributed by atoms with Crippen molar-refractivity contribution in [1.82, 2.24) is 4.98 Å². The van der Waals surface area contributed by atoms with E-state index in [0.29, 0.717) is 0 Å². The third-order valence-corrected chi connectivity index (χ3v) is 7.58. The average molecular weight is 442 g/mol. The van der Waals surface area contributed by atoms with E-state index >= 15 is 0 Å². The van der Waals surface area contributed by atoms with Gasteiger partial charge in [-0.3, -0.25) is 4.98 Å². The molecule has 32 heavy (non-hydrogen) atoms. The summed E-state index contributed by atoms with van der Waals surface area (Å²) >= 11 is 1.81. The smallest absolute Gasteiger partial charge is 0.123 e. The molecule has 0 aliphatic heterocycles. The summed E-state index contributed by atoms with van der Waals surface area (Å²) < 4.78 is 17.1. The zero-order valence-corrected chi connectivity index (χ0v) is 20.1. The highest BCUT2D eigenvalue weighted by atomic mass is 32.1. The zero-order chi connectivity index (χ0) is 22.6. The van der Waals surface area contributed by atoms with Crippen molar-refractivity contribution in [2.24, 2.45) is 5.41 Å². The molecule has 0 spiro atoms. The van der Waals surface area contributed by atoms with Crippen molar-refractivity contribution in [2.45, 2.75) is 47.2 Å². The molecule has 162 valence electrons. The van der Waals surface area contributed by atoms with Crippen molar-refractivity contribution in [1.29, 1.82) is 0 Å². The first-order valence-electron chi connectivity index (χ1n) is 11.2. The Morgan fingerprint density at radius 3 is 2.44 bits per heavy atom. The molecule has 0 saturated carbocycles. The maximum absolute atomic E-state index is 14.6. The van der Waals surface area contributed by atoms with Crippen LogP contribution in [-0.2, 0) is 6.42 Å². The Morgan fingerprint density at radius 1 is 0.938 bits per heavy atom. The highest BCUT2D eigenvalue weighted by Gasteiger charge is 2.19. The van der Waals surface area contributed by atoms with E-state index in [1.807, 2.05) is 41.8 Å². The maximum atomic E-state index is 14.6. The van der Waals surface area contributed by atoms with Crippen LogP contribution in [0, 0.1) is 12.3 Å². The predicted octanol–water partition coefficient (Wildman–Crippen LogP) is 9.20. The summed E-state index contributed by atoms with van der Waals surface area (Å²) in [6.45, 7) is 10.7. The summed E-state index contributed by atoms with van der Waals surface area (Å²) in [5.41, 5.74) is 5.65. The van der Waals surface area contributed by atoms with Crippen LogP contribution in [0.5, 0.6) is 0 Å². The number of hydrogen-bond acceptors (Lipinski definition) is 2. The lowest BCUT2D eigenvalue weighted by Crippen LogP contribution is -2.10. The van der Waals surface area contributed by atoms with Crippen molar-refractivity contribution in [3.05, 3.63) is 77.5 Å². The lowest BCUT2D eigenvalue weighted by atomic mass is 9.86. The fourth-order valence-electron chi connectivity index (χ4n) is 4.72. The zero-order valence-electron chi connectivity index (χ0n) is 19.3. The van der Waals surface area contributed by atoms with Crippen molar-refractivity contribution in [3.63, 3.8) is 0 Å². The van der Waals surface area contributed by atoms with Gasteiger partial charge < -0.3 is 0 Å². The van der Waals surface area contributed by atoms with Gasteiger partial charge in [0.1, 0.15) is 6.17 Å². The number of halogens is 1. The van der Waals surface area contributed by atoms with Gasteiger partial charge in [-0.15, -0.1) is 11.3 Å². The molecule has 0 fully saturated rings. The van der Waals surface area contributed by atoms with Crippen LogP contribution in [0.2, 0.25) is 0 Å². The number of thiophene rings is 1. The van der Waals surface area contributed by atoms with Gasteiger partial charge in [-0.1, -0.05) is 57.2 Å². The molecule has 1 nitrogen and oxygen atoms in total.